The van der Waals surface area contributed by atoms with E-state index < -0.39 is 5.54 Å². The van der Waals surface area contributed by atoms with Crippen molar-refractivity contribution in [2.75, 3.05) is 6.61 Å². The number of benzene rings is 1. The highest BCUT2D eigenvalue weighted by molar-refractivity contribution is 5.79. The van der Waals surface area contributed by atoms with E-state index >= 15 is 0 Å². The van der Waals surface area contributed by atoms with Crippen molar-refractivity contribution < 1.29 is 14.3 Å². The smallest absolute Gasteiger partial charge is 0.224 e. The fourth-order valence-electron chi connectivity index (χ4n) is 2.14. The third kappa shape index (κ3) is 3.07. The van der Waals surface area contributed by atoms with Crippen molar-refractivity contribution in [3.05, 3.63) is 35.6 Å². The number of nitrogens with one attached hydrogen (secondary N) is 1. The monoisotopic (exact) mass is 251 g/mol. The number of aliphatic hydroxyl groups excluding tert-OH is 1. The summed E-state index contributed by atoms with van der Waals surface area (Å²) in [6.45, 7) is 1.82. The first-order valence-electron chi connectivity index (χ1n) is 6.20. The topological polar surface area (TPSA) is 49.3 Å². The number of hydrogen-bond donors (Lipinski definition) is 2. The maximum atomic E-state index is 12.7. The van der Waals surface area contributed by atoms with Gasteiger partial charge in [0.2, 0.25) is 5.91 Å². The lowest BCUT2D eigenvalue weighted by atomic mass is 9.96. The molecular weight excluding hydrogens is 233 g/mol. The van der Waals surface area contributed by atoms with Crippen LogP contribution in [0.1, 0.15) is 25.3 Å². The molecule has 1 aromatic carbocycles. The summed E-state index contributed by atoms with van der Waals surface area (Å²) >= 11 is 0. The van der Waals surface area contributed by atoms with Gasteiger partial charge in [-0.3, -0.25) is 4.79 Å². The van der Waals surface area contributed by atoms with Gasteiger partial charge in [0.15, 0.2) is 0 Å². The van der Waals surface area contributed by atoms with Crippen molar-refractivity contribution in [1.82, 2.24) is 5.32 Å². The highest BCUT2D eigenvalue weighted by atomic mass is 19.1. The van der Waals surface area contributed by atoms with Gasteiger partial charge in [-0.2, -0.15) is 0 Å². The van der Waals surface area contributed by atoms with Crippen LogP contribution in [0.15, 0.2) is 24.3 Å². The maximum Gasteiger partial charge on any atom is 0.224 e. The van der Waals surface area contributed by atoms with E-state index in [2.05, 4.69) is 5.32 Å². The standard InChI is InChI=1S/C14H18FNO2/c1-14(9-17,11-4-5-11)16-13(18)8-10-2-6-12(15)7-3-10/h2-3,6-7,11,17H,4-5,8-9H2,1H3,(H,16,18). The largest absolute Gasteiger partial charge is 0.394 e. The molecule has 0 heterocycles. The van der Waals surface area contributed by atoms with Crippen LogP contribution < -0.4 is 5.32 Å². The van der Waals surface area contributed by atoms with Crippen LogP contribution in [0.4, 0.5) is 4.39 Å². The lowest BCUT2D eigenvalue weighted by Gasteiger charge is -2.28. The predicted molar refractivity (Wildman–Crippen MR) is 66.5 cm³/mol. The molecule has 0 aromatic heterocycles. The van der Waals surface area contributed by atoms with Gasteiger partial charge in [0.25, 0.3) is 0 Å². The predicted octanol–water partition coefficient (Wildman–Crippen LogP) is 1.65. The number of amides is 1. The van der Waals surface area contributed by atoms with Crippen LogP contribution in [0.5, 0.6) is 0 Å². The van der Waals surface area contributed by atoms with Gasteiger partial charge in [-0.25, -0.2) is 4.39 Å². The SMILES string of the molecule is CC(CO)(NC(=O)Cc1ccc(F)cc1)C1CC1. The van der Waals surface area contributed by atoms with Gasteiger partial charge in [0, 0.05) is 0 Å². The van der Waals surface area contributed by atoms with E-state index in [9.17, 15) is 14.3 Å². The van der Waals surface area contributed by atoms with E-state index in [1.807, 2.05) is 6.92 Å². The second-order valence-electron chi connectivity index (χ2n) is 5.20. The molecule has 1 fully saturated rings. The summed E-state index contributed by atoms with van der Waals surface area (Å²) in [6.07, 6.45) is 2.31. The molecular formula is C14H18FNO2. The Hall–Kier alpha value is -1.42. The van der Waals surface area contributed by atoms with Crippen molar-refractivity contribution in [3.8, 4) is 0 Å². The Kier molecular flexibility index (Phi) is 3.66. The second-order valence-corrected chi connectivity index (χ2v) is 5.20. The minimum absolute atomic E-state index is 0.0488. The molecule has 0 spiro atoms. The van der Waals surface area contributed by atoms with Crippen LogP contribution in [-0.4, -0.2) is 23.2 Å². The molecule has 4 heteroatoms. The van der Waals surface area contributed by atoms with E-state index in [0.717, 1.165) is 18.4 Å². The molecule has 0 bridgehead atoms. The molecule has 98 valence electrons. The molecule has 1 aliphatic carbocycles. The van der Waals surface area contributed by atoms with Crippen LogP contribution in [-0.2, 0) is 11.2 Å². The molecule has 1 unspecified atom stereocenters. The number of halogens is 1. The average molecular weight is 251 g/mol. The minimum Gasteiger partial charge on any atom is -0.394 e. The normalized spacial score (nSPS) is 18.2. The van der Waals surface area contributed by atoms with Gasteiger partial charge < -0.3 is 10.4 Å². The number of carbonyl (C=O) groups excluding carboxylic acids is 1. The van der Waals surface area contributed by atoms with Gasteiger partial charge in [-0.05, 0) is 43.4 Å². The van der Waals surface area contributed by atoms with Crippen molar-refractivity contribution in [2.24, 2.45) is 5.92 Å². The molecule has 3 nitrogen and oxygen atoms in total. The van der Waals surface area contributed by atoms with E-state index in [1.165, 1.54) is 12.1 Å². The summed E-state index contributed by atoms with van der Waals surface area (Å²) in [6, 6.07) is 5.88. The Labute approximate surface area is 106 Å². The van der Waals surface area contributed by atoms with Gasteiger partial charge in [-0.15, -0.1) is 0 Å². The average Bonchev–Trinajstić information content (AvgIpc) is 3.16. The summed E-state index contributed by atoms with van der Waals surface area (Å²) in [5.41, 5.74) is 0.252. The zero-order valence-corrected chi connectivity index (χ0v) is 10.4. The summed E-state index contributed by atoms with van der Waals surface area (Å²) in [4.78, 5) is 11.9. The lowest BCUT2D eigenvalue weighted by Crippen LogP contribution is -2.51. The first-order chi connectivity index (χ1) is 8.53. The molecule has 0 aliphatic heterocycles. The van der Waals surface area contributed by atoms with Crippen LogP contribution >= 0.6 is 0 Å². The molecule has 1 saturated carbocycles. The fourth-order valence-corrected chi connectivity index (χ4v) is 2.14. The molecule has 1 atom stereocenters. The Balaban J connectivity index is 1.93. The third-order valence-corrected chi connectivity index (χ3v) is 3.51. The van der Waals surface area contributed by atoms with Crippen LogP contribution in [0.2, 0.25) is 0 Å². The lowest BCUT2D eigenvalue weighted by molar-refractivity contribution is -0.123. The Bertz CT molecular complexity index is 428. The molecule has 1 amide bonds. The molecule has 1 aliphatic rings. The number of hydrogen-bond acceptors (Lipinski definition) is 2. The fraction of sp³-hybridized carbons (Fsp3) is 0.500. The summed E-state index contributed by atoms with van der Waals surface area (Å²) in [5, 5.41) is 12.3. The van der Waals surface area contributed by atoms with Gasteiger partial charge in [-0.1, -0.05) is 12.1 Å². The summed E-state index contributed by atoms with van der Waals surface area (Å²) < 4.78 is 12.7. The zero-order valence-electron chi connectivity index (χ0n) is 10.4. The summed E-state index contributed by atoms with van der Waals surface area (Å²) in [5.74, 6) is -0.0675. The van der Waals surface area contributed by atoms with E-state index in [-0.39, 0.29) is 24.8 Å². The minimum atomic E-state index is -0.517. The van der Waals surface area contributed by atoms with Gasteiger partial charge in [0.1, 0.15) is 5.82 Å². The van der Waals surface area contributed by atoms with Crippen molar-refractivity contribution in [3.63, 3.8) is 0 Å². The van der Waals surface area contributed by atoms with Crippen LogP contribution in [0.3, 0.4) is 0 Å². The van der Waals surface area contributed by atoms with Gasteiger partial charge in [0.05, 0.1) is 18.6 Å². The highest BCUT2D eigenvalue weighted by Gasteiger charge is 2.41. The maximum absolute atomic E-state index is 12.7. The molecule has 2 rings (SSSR count). The molecule has 0 saturated heterocycles. The van der Waals surface area contributed by atoms with Crippen molar-refractivity contribution >= 4 is 5.91 Å². The molecule has 0 radical (unpaired) electrons. The Morgan fingerprint density at radius 1 is 1.44 bits per heavy atom. The molecule has 18 heavy (non-hydrogen) atoms. The quantitative estimate of drug-likeness (QED) is 0.836. The van der Waals surface area contributed by atoms with E-state index in [4.69, 9.17) is 0 Å². The second kappa shape index (κ2) is 5.06. The molecule has 1 aromatic rings. The first kappa shape index (κ1) is 13.0. The van der Waals surface area contributed by atoms with Crippen LogP contribution in [0.25, 0.3) is 0 Å². The van der Waals surface area contributed by atoms with Gasteiger partial charge >= 0.3 is 0 Å². The van der Waals surface area contributed by atoms with Crippen molar-refractivity contribution in [2.45, 2.75) is 31.7 Å². The van der Waals surface area contributed by atoms with Crippen LogP contribution in [0, 0.1) is 11.7 Å². The third-order valence-electron chi connectivity index (χ3n) is 3.51. The number of carbonyl (C=O) groups is 1. The first-order valence-corrected chi connectivity index (χ1v) is 6.20. The zero-order chi connectivity index (χ0) is 13.2. The highest BCUT2D eigenvalue weighted by Crippen LogP contribution is 2.39. The van der Waals surface area contributed by atoms with Crippen molar-refractivity contribution in [1.29, 1.82) is 0 Å². The Morgan fingerprint density at radius 2 is 2.06 bits per heavy atom. The van der Waals surface area contributed by atoms with E-state index in [0.29, 0.717) is 5.92 Å². The Morgan fingerprint density at radius 3 is 2.56 bits per heavy atom. The molecule has 2 N–H and O–H groups in total. The van der Waals surface area contributed by atoms with E-state index in [1.54, 1.807) is 12.1 Å². The number of rotatable bonds is 5. The number of aliphatic hydroxyl groups is 1. The summed E-state index contributed by atoms with van der Waals surface area (Å²) in [7, 11) is 0.